The maximum Gasteiger partial charge on any atom is 0.272 e. The Labute approximate surface area is 115 Å². The number of hydrogen-bond acceptors (Lipinski definition) is 7. The number of nitrogens with one attached hydrogen (secondary N) is 2. The van der Waals surface area contributed by atoms with Crippen molar-refractivity contribution < 1.29 is 13.2 Å². The van der Waals surface area contributed by atoms with Gasteiger partial charge in [-0.15, -0.1) is 10.2 Å². The Hall–Kier alpha value is -1.10. The molecule has 19 heavy (non-hydrogen) atoms. The number of aromatic nitrogens is 2. The van der Waals surface area contributed by atoms with Crippen molar-refractivity contribution in [3.8, 4) is 0 Å². The van der Waals surface area contributed by atoms with E-state index in [1.165, 1.54) is 11.2 Å². The zero-order valence-corrected chi connectivity index (χ0v) is 12.2. The smallest absolute Gasteiger partial charge is 0.272 e. The van der Waals surface area contributed by atoms with Crippen LogP contribution in [0.25, 0.3) is 0 Å². The Balaban J connectivity index is 2.22. The van der Waals surface area contributed by atoms with Crippen LogP contribution in [-0.2, 0) is 14.8 Å². The molecule has 1 aromatic heterocycles. The van der Waals surface area contributed by atoms with Gasteiger partial charge in [0.25, 0.3) is 10.0 Å². The lowest BCUT2D eigenvalue weighted by Gasteiger charge is -2.35. The lowest BCUT2D eigenvalue weighted by molar-refractivity contribution is -0.114. The Morgan fingerprint density at radius 1 is 1.53 bits per heavy atom. The summed E-state index contributed by atoms with van der Waals surface area (Å²) >= 11 is 0.860. The molecular formula is C9H15N5O3S2. The summed E-state index contributed by atoms with van der Waals surface area (Å²) in [6.07, 6.45) is 0. The van der Waals surface area contributed by atoms with Crippen LogP contribution in [0.2, 0.25) is 0 Å². The van der Waals surface area contributed by atoms with Gasteiger partial charge in [0, 0.05) is 26.6 Å². The van der Waals surface area contributed by atoms with E-state index in [4.69, 9.17) is 0 Å². The van der Waals surface area contributed by atoms with Gasteiger partial charge in [-0.1, -0.05) is 18.3 Å². The van der Waals surface area contributed by atoms with Crippen LogP contribution in [0.1, 0.15) is 13.8 Å². The Morgan fingerprint density at radius 2 is 2.21 bits per heavy atom. The number of anilines is 1. The number of sulfonamides is 1. The molecule has 1 aliphatic heterocycles. The zero-order chi connectivity index (χ0) is 14.0. The van der Waals surface area contributed by atoms with E-state index in [9.17, 15) is 13.2 Å². The van der Waals surface area contributed by atoms with Crippen molar-refractivity contribution in [1.29, 1.82) is 0 Å². The van der Waals surface area contributed by atoms with Crippen molar-refractivity contribution in [2.75, 3.05) is 25.0 Å². The minimum Gasteiger partial charge on any atom is -0.313 e. The highest BCUT2D eigenvalue weighted by Crippen LogP contribution is 2.25. The minimum absolute atomic E-state index is 0.0388. The molecule has 0 radical (unpaired) electrons. The third-order valence-electron chi connectivity index (χ3n) is 2.70. The lowest BCUT2D eigenvalue weighted by Crippen LogP contribution is -2.58. The van der Waals surface area contributed by atoms with E-state index in [0.717, 1.165) is 11.3 Å². The first-order valence-electron chi connectivity index (χ1n) is 5.78. The molecule has 1 amide bonds. The summed E-state index contributed by atoms with van der Waals surface area (Å²) in [5.74, 6) is -0.310. The fourth-order valence-electron chi connectivity index (χ4n) is 1.72. The van der Waals surface area contributed by atoms with Gasteiger partial charge in [0.05, 0.1) is 6.04 Å². The van der Waals surface area contributed by atoms with Gasteiger partial charge in [-0.25, -0.2) is 8.42 Å². The van der Waals surface area contributed by atoms with Gasteiger partial charge in [0.15, 0.2) is 0 Å². The van der Waals surface area contributed by atoms with Gasteiger partial charge in [-0.2, -0.15) is 4.31 Å². The first-order valence-corrected chi connectivity index (χ1v) is 8.04. The summed E-state index contributed by atoms with van der Waals surface area (Å²) in [6.45, 7) is 4.78. The van der Waals surface area contributed by atoms with Crippen LogP contribution >= 0.6 is 11.3 Å². The van der Waals surface area contributed by atoms with Crippen molar-refractivity contribution in [3.05, 3.63) is 0 Å². The van der Waals surface area contributed by atoms with Crippen LogP contribution in [0.15, 0.2) is 4.34 Å². The fourth-order valence-corrected chi connectivity index (χ4v) is 4.41. The molecule has 1 aliphatic rings. The molecule has 0 atom stereocenters. The van der Waals surface area contributed by atoms with Gasteiger partial charge in [0.2, 0.25) is 15.4 Å². The van der Waals surface area contributed by atoms with Gasteiger partial charge in [-0.3, -0.25) is 4.79 Å². The summed E-state index contributed by atoms with van der Waals surface area (Å²) in [7, 11) is -3.64. The van der Waals surface area contributed by atoms with Crippen LogP contribution in [0, 0.1) is 0 Å². The number of nitrogens with zero attached hydrogens (tertiary/aromatic N) is 3. The number of carbonyl (C=O) groups excluding carboxylic acids is 1. The topological polar surface area (TPSA) is 104 Å². The maximum atomic E-state index is 12.4. The molecule has 0 aromatic carbocycles. The first kappa shape index (κ1) is 14.3. The van der Waals surface area contributed by atoms with E-state index in [1.54, 1.807) is 6.92 Å². The van der Waals surface area contributed by atoms with Crippen LogP contribution < -0.4 is 10.6 Å². The molecule has 0 spiro atoms. The molecule has 0 bridgehead atoms. The Kier molecular flexibility index (Phi) is 4.13. The molecule has 106 valence electrons. The van der Waals surface area contributed by atoms with Gasteiger partial charge in [0.1, 0.15) is 0 Å². The number of amides is 1. The number of carbonyl (C=O) groups is 1. The van der Waals surface area contributed by atoms with Crippen LogP contribution in [0.5, 0.6) is 0 Å². The standard InChI is InChI=1S/C9H15N5O3S2/c1-3-14(7-4-10-5-7)19(16,17)9-13-12-8(18-9)11-6(2)15/h7,10H,3-5H2,1-2H3,(H,11,12,15). The van der Waals surface area contributed by atoms with E-state index in [-0.39, 0.29) is 21.4 Å². The fraction of sp³-hybridized carbons (Fsp3) is 0.667. The average molecular weight is 305 g/mol. The molecule has 10 heteroatoms. The quantitative estimate of drug-likeness (QED) is 0.709. The molecule has 2 rings (SSSR count). The molecule has 0 aliphatic carbocycles. The highest BCUT2D eigenvalue weighted by Gasteiger charge is 2.36. The van der Waals surface area contributed by atoms with Gasteiger partial charge in [-0.05, 0) is 0 Å². The molecule has 2 N–H and O–H groups in total. The second-order valence-electron chi connectivity index (χ2n) is 4.07. The van der Waals surface area contributed by atoms with Crippen molar-refractivity contribution in [2.45, 2.75) is 24.2 Å². The molecule has 8 nitrogen and oxygen atoms in total. The van der Waals surface area contributed by atoms with E-state index in [2.05, 4.69) is 20.8 Å². The maximum absolute atomic E-state index is 12.4. The van der Waals surface area contributed by atoms with Gasteiger partial charge < -0.3 is 10.6 Å². The minimum atomic E-state index is -3.64. The highest BCUT2D eigenvalue weighted by molar-refractivity contribution is 7.91. The Morgan fingerprint density at radius 3 is 2.68 bits per heavy atom. The summed E-state index contributed by atoms with van der Waals surface area (Å²) in [5, 5.41) is 13.0. The van der Waals surface area contributed by atoms with Crippen molar-refractivity contribution in [1.82, 2.24) is 19.8 Å². The zero-order valence-electron chi connectivity index (χ0n) is 10.6. The monoisotopic (exact) mass is 305 g/mol. The summed E-state index contributed by atoms with van der Waals surface area (Å²) in [5.41, 5.74) is 0. The highest BCUT2D eigenvalue weighted by atomic mass is 32.2. The average Bonchev–Trinajstić information content (AvgIpc) is 2.70. The third kappa shape index (κ3) is 2.91. The molecule has 1 aromatic rings. The second-order valence-corrected chi connectivity index (χ2v) is 7.12. The second kappa shape index (κ2) is 5.49. The van der Waals surface area contributed by atoms with E-state index >= 15 is 0 Å². The van der Waals surface area contributed by atoms with E-state index < -0.39 is 10.0 Å². The summed E-state index contributed by atoms with van der Waals surface area (Å²) in [6, 6.07) is -0.0388. The molecule has 2 heterocycles. The van der Waals surface area contributed by atoms with Crippen molar-refractivity contribution in [2.24, 2.45) is 0 Å². The summed E-state index contributed by atoms with van der Waals surface area (Å²) in [4.78, 5) is 10.9. The predicted octanol–water partition coefficient (Wildman–Crippen LogP) is -0.521. The third-order valence-corrected chi connectivity index (χ3v) is 5.91. The SMILES string of the molecule is CCN(C1CNC1)S(=O)(=O)c1nnc(NC(C)=O)s1. The number of likely N-dealkylation sites (N-methyl/N-ethyl adjacent to an activating group) is 1. The van der Waals surface area contributed by atoms with Crippen LogP contribution in [-0.4, -0.2) is 54.5 Å². The van der Waals surface area contributed by atoms with Crippen molar-refractivity contribution >= 4 is 32.4 Å². The van der Waals surface area contributed by atoms with E-state index in [1.807, 2.05) is 0 Å². The molecule has 1 fully saturated rings. The Bertz CT molecular complexity index is 566. The van der Waals surface area contributed by atoms with Crippen molar-refractivity contribution in [3.63, 3.8) is 0 Å². The largest absolute Gasteiger partial charge is 0.313 e. The molecular weight excluding hydrogens is 290 g/mol. The molecule has 1 saturated heterocycles. The molecule has 0 unspecified atom stereocenters. The number of rotatable bonds is 5. The normalized spacial score (nSPS) is 16.4. The van der Waals surface area contributed by atoms with Crippen LogP contribution in [0.3, 0.4) is 0 Å². The summed E-state index contributed by atoms with van der Waals surface area (Å²) < 4.78 is 26.1. The van der Waals surface area contributed by atoms with E-state index in [0.29, 0.717) is 19.6 Å². The van der Waals surface area contributed by atoms with Crippen LogP contribution in [0.4, 0.5) is 5.13 Å². The predicted molar refractivity (Wildman–Crippen MR) is 70.4 cm³/mol. The lowest BCUT2D eigenvalue weighted by atomic mass is 10.2. The van der Waals surface area contributed by atoms with Gasteiger partial charge >= 0.3 is 0 Å². The first-order chi connectivity index (χ1) is 8.95. The number of hydrogen-bond donors (Lipinski definition) is 2. The molecule has 0 saturated carbocycles.